The van der Waals surface area contributed by atoms with E-state index in [1.54, 1.807) is 17.0 Å². The number of nitrogens with zero attached hydrogens (tertiary/aromatic N) is 1. The van der Waals surface area contributed by atoms with E-state index in [-0.39, 0.29) is 29.5 Å². The highest BCUT2D eigenvalue weighted by molar-refractivity contribution is 7.91. The first-order valence-corrected chi connectivity index (χ1v) is 11.3. The van der Waals surface area contributed by atoms with Crippen molar-refractivity contribution in [2.75, 3.05) is 18.1 Å². The average molecular weight is 404 g/mol. The lowest BCUT2D eigenvalue weighted by Gasteiger charge is -2.33. The third-order valence-corrected chi connectivity index (χ3v) is 7.02. The highest BCUT2D eigenvalue weighted by atomic mass is 32.2. The first-order valence-electron chi connectivity index (χ1n) is 9.48. The van der Waals surface area contributed by atoms with Gasteiger partial charge in [0, 0.05) is 12.1 Å². The zero-order valence-corrected chi connectivity index (χ0v) is 16.9. The Bertz CT molecular complexity index is 985. The first-order chi connectivity index (χ1) is 13.3. The molecule has 2 aromatic carbocycles. The summed E-state index contributed by atoms with van der Waals surface area (Å²) in [6.45, 7) is 3.43. The van der Waals surface area contributed by atoms with Crippen LogP contribution in [-0.2, 0) is 19.4 Å². The number of rotatable bonds is 6. The molecule has 0 saturated carbocycles. The van der Waals surface area contributed by atoms with Crippen LogP contribution in [0.4, 0.5) is 0 Å². The Labute approximate surface area is 165 Å². The number of carbonyl (C=O) groups excluding carboxylic acids is 2. The molecular weight excluding hydrogens is 378 g/mol. The monoisotopic (exact) mass is 403 g/mol. The Hall–Kier alpha value is -2.41. The van der Waals surface area contributed by atoms with E-state index < -0.39 is 22.4 Å². The van der Waals surface area contributed by atoms with Crippen molar-refractivity contribution in [1.82, 2.24) is 4.90 Å². The van der Waals surface area contributed by atoms with Gasteiger partial charge in [0.2, 0.25) is 0 Å². The van der Waals surface area contributed by atoms with Crippen molar-refractivity contribution in [3.63, 3.8) is 0 Å². The zero-order chi connectivity index (χ0) is 20.3. The maximum atomic E-state index is 12.7. The molecule has 0 aromatic heterocycles. The molecule has 3 rings (SSSR count). The smallest absolute Gasteiger partial charge is 0.338 e. The van der Waals surface area contributed by atoms with E-state index in [0.717, 1.165) is 10.8 Å². The van der Waals surface area contributed by atoms with Crippen LogP contribution < -0.4 is 0 Å². The summed E-state index contributed by atoms with van der Waals surface area (Å²) in [5.74, 6) is -0.857. The fourth-order valence-electron chi connectivity index (χ4n) is 3.60. The predicted octanol–water partition coefficient (Wildman–Crippen LogP) is 2.81. The summed E-state index contributed by atoms with van der Waals surface area (Å²) in [5, 5.41) is 1.93. The predicted molar refractivity (Wildman–Crippen MR) is 108 cm³/mol. The summed E-state index contributed by atoms with van der Waals surface area (Å²) < 4.78 is 28.9. The molecule has 0 radical (unpaired) electrons. The minimum Gasteiger partial charge on any atom is -0.452 e. The van der Waals surface area contributed by atoms with E-state index in [1.165, 1.54) is 0 Å². The SMILES string of the molecule is CCC(C)N(C(=O)COC(=O)c1ccc2ccccc2c1)C1CCS(=O)(=O)C1. The van der Waals surface area contributed by atoms with Crippen LogP contribution in [0.5, 0.6) is 0 Å². The average Bonchev–Trinajstić information content (AvgIpc) is 3.04. The van der Waals surface area contributed by atoms with Gasteiger partial charge in [-0.3, -0.25) is 4.79 Å². The van der Waals surface area contributed by atoms with Crippen LogP contribution in [0.15, 0.2) is 42.5 Å². The van der Waals surface area contributed by atoms with E-state index in [4.69, 9.17) is 4.74 Å². The number of amides is 1. The van der Waals surface area contributed by atoms with Gasteiger partial charge in [-0.15, -0.1) is 0 Å². The highest BCUT2D eigenvalue weighted by Gasteiger charge is 2.36. The number of fused-ring (bicyclic) bond motifs is 1. The fraction of sp³-hybridized carbons (Fsp3) is 0.429. The van der Waals surface area contributed by atoms with Crippen molar-refractivity contribution in [1.29, 1.82) is 0 Å². The molecule has 2 atom stereocenters. The largest absolute Gasteiger partial charge is 0.452 e. The maximum Gasteiger partial charge on any atom is 0.338 e. The Balaban J connectivity index is 1.68. The van der Waals surface area contributed by atoms with Gasteiger partial charge in [0.25, 0.3) is 5.91 Å². The van der Waals surface area contributed by atoms with Gasteiger partial charge in [-0.05, 0) is 42.7 Å². The molecule has 1 saturated heterocycles. The minimum atomic E-state index is -3.11. The molecule has 28 heavy (non-hydrogen) atoms. The van der Waals surface area contributed by atoms with Crippen LogP contribution in [0, 0.1) is 0 Å². The molecule has 7 heteroatoms. The summed E-state index contributed by atoms with van der Waals surface area (Å²) in [6, 6.07) is 12.4. The van der Waals surface area contributed by atoms with Crippen molar-refractivity contribution in [2.45, 2.75) is 38.8 Å². The molecule has 0 bridgehead atoms. The number of sulfone groups is 1. The van der Waals surface area contributed by atoms with Gasteiger partial charge in [-0.2, -0.15) is 0 Å². The summed E-state index contributed by atoms with van der Waals surface area (Å²) in [4.78, 5) is 26.7. The standard InChI is InChI=1S/C21H25NO5S/c1-3-15(2)22(19-10-11-28(25,26)14-19)20(23)13-27-21(24)18-9-8-16-6-4-5-7-17(16)12-18/h4-9,12,15,19H,3,10-11,13-14H2,1-2H3. The number of hydrogen-bond acceptors (Lipinski definition) is 5. The summed E-state index contributed by atoms with van der Waals surface area (Å²) in [7, 11) is -3.11. The molecule has 1 aliphatic heterocycles. The third kappa shape index (κ3) is 4.52. The van der Waals surface area contributed by atoms with Gasteiger partial charge in [0.05, 0.1) is 17.1 Å². The lowest BCUT2D eigenvalue weighted by Crippen LogP contribution is -2.48. The number of benzene rings is 2. The Morgan fingerprint density at radius 3 is 2.54 bits per heavy atom. The van der Waals surface area contributed by atoms with Gasteiger partial charge >= 0.3 is 5.97 Å². The molecule has 0 aliphatic carbocycles. The van der Waals surface area contributed by atoms with Crippen molar-refractivity contribution >= 4 is 32.5 Å². The molecule has 0 N–H and O–H groups in total. The normalized spacial score (nSPS) is 19.3. The van der Waals surface area contributed by atoms with Crippen molar-refractivity contribution in [3.8, 4) is 0 Å². The summed E-state index contributed by atoms with van der Waals surface area (Å²) in [5.41, 5.74) is 0.380. The Kier molecular flexibility index (Phi) is 6.03. The second-order valence-corrected chi connectivity index (χ2v) is 9.48. The topological polar surface area (TPSA) is 80.8 Å². The first kappa shape index (κ1) is 20.3. The fourth-order valence-corrected chi connectivity index (χ4v) is 5.31. The van der Waals surface area contributed by atoms with Crippen LogP contribution in [0.1, 0.15) is 37.0 Å². The van der Waals surface area contributed by atoms with Crippen LogP contribution in [0.3, 0.4) is 0 Å². The minimum absolute atomic E-state index is 0.0261. The lowest BCUT2D eigenvalue weighted by molar-refractivity contribution is -0.138. The van der Waals surface area contributed by atoms with E-state index >= 15 is 0 Å². The molecule has 1 fully saturated rings. The second kappa shape index (κ2) is 8.31. The van der Waals surface area contributed by atoms with Crippen molar-refractivity contribution in [3.05, 3.63) is 48.0 Å². The van der Waals surface area contributed by atoms with E-state index in [9.17, 15) is 18.0 Å². The molecule has 0 spiro atoms. The van der Waals surface area contributed by atoms with E-state index in [0.29, 0.717) is 18.4 Å². The highest BCUT2D eigenvalue weighted by Crippen LogP contribution is 2.22. The quantitative estimate of drug-likeness (QED) is 0.693. The van der Waals surface area contributed by atoms with Gasteiger partial charge < -0.3 is 9.64 Å². The maximum absolute atomic E-state index is 12.7. The van der Waals surface area contributed by atoms with Crippen molar-refractivity contribution < 1.29 is 22.7 Å². The van der Waals surface area contributed by atoms with E-state index in [1.807, 2.05) is 44.2 Å². The van der Waals surface area contributed by atoms with Crippen LogP contribution in [0.25, 0.3) is 10.8 Å². The molecule has 2 aromatic rings. The number of carbonyl (C=O) groups is 2. The Morgan fingerprint density at radius 1 is 1.18 bits per heavy atom. The Morgan fingerprint density at radius 2 is 1.89 bits per heavy atom. The second-order valence-electron chi connectivity index (χ2n) is 7.25. The van der Waals surface area contributed by atoms with E-state index in [2.05, 4.69) is 0 Å². The molecule has 1 amide bonds. The number of hydrogen-bond donors (Lipinski definition) is 0. The molecule has 6 nitrogen and oxygen atoms in total. The van der Waals surface area contributed by atoms with Crippen LogP contribution in [-0.4, -0.2) is 55.4 Å². The molecule has 1 heterocycles. The van der Waals surface area contributed by atoms with Gasteiger partial charge in [-0.25, -0.2) is 13.2 Å². The summed E-state index contributed by atoms with van der Waals surface area (Å²) in [6.07, 6.45) is 1.12. The van der Waals surface area contributed by atoms with Gasteiger partial charge in [0.15, 0.2) is 16.4 Å². The zero-order valence-electron chi connectivity index (χ0n) is 16.1. The number of ether oxygens (including phenoxy) is 1. The summed E-state index contributed by atoms with van der Waals surface area (Å²) >= 11 is 0. The van der Waals surface area contributed by atoms with Gasteiger partial charge in [0.1, 0.15) is 0 Å². The third-order valence-electron chi connectivity index (χ3n) is 5.27. The van der Waals surface area contributed by atoms with Crippen LogP contribution >= 0.6 is 0 Å². The van der Waals surface area contributed by atoms with Crippen LogP contribution in [0.2, 0.25) is 0 Å². The molecular formula is C21H25NO5S. The lowest BCUT2D eigenvalue weighted by atomic mass is 10.1. The van der Waals surface area contributed by atoms with Crippen molar-refractivity contribution in [2.24, 2.45) is 0 Å². The molecule has 1 aliphatic rings. The van der Waals surface area contributed by atoms with Gasteiger partial charge in [-0.1, -0.05) is 37.3 Å². The molecule has 2 unspecified atom stereocenters. The molecule has 150 valence electrons. The number of esters is 1.